The third-order valence-corrected chi connectivity index (χ3v) is 5.81. The van der Waals surface area contributed by atoms with Gasteiger partial charge in [-0.15, -0.1) is 0 Å². The number of urea groups is 1. The number of amides is 4. The lowest BCUT2D eigenvalue weighted by atomic mass is 9.87. The normalized spacial score (nSPS) is 19.2. The number of ether oxygens (including phenoxy) is 1. The first-order valence-electron chi connectivity index (χ1n) is 10.5. The highest BCUT2D eigenvalue weighted by Gasteiger charge is 2.51. The standard InChI is InChI=1S/C24H29N3O4/c1-5-20(17-9-7-16(3)8-10-17)25-21(28)15-27-22(29)24(6-2,26-23(27)30)18-11-13-19(31-4)14-12-18/h7-14,20H,5-6,15H2,1-4H3,(H,25,28)(H,26,30)/t20-,24-/m0/s1. The zero-order chi connectivity index (χ0) is 22.6. The SMILES string of the molecule is CC[C@H](NC(=O)CN1C(=O)N[C@@](CC)(c2ccc(OC)cc2)C1=O)c1ccc(C)cc1. The summed E-state index contributed by atoms with van der Waals surface area (Å²) in [5, 5.41) is 5.74. The maximum absolute atomic E-state index is 13.3. The molecular weight excluding hydrogens is 394 g/mol. The predicted octanol–water partition coefficient (Wildman–Crippen LogP) is 3.43. The molecule has 3 rings (SSSR count). The van der Waals surface area contributed by atoms with Crippen LogP contribution in [-0.4, -0.2) is 36.4 Å². The molecule has 0 aromatic heterocycles. The number of imide groups is 1. The zero-order valence-electron chi connectivity index (χ0n) is 18.4. The van der Waals surface area contributed by atoms with Crippen molar-refractivity contribution in [3.05, 3.63) is 65.2 Å². The molecule has 0 radical (unpaired) electrons. The van der Waals surface area contributed by atoms with Crippen LogP contribution in [0.15, 0.2) is 48.5 Å². The second-order valence-electron chi connectivity index (χ2n) is 7.75. The van der Waals surface area contributed by atoms with Crippen LogP contribution in [0.5, 0.6) is 5.75 Å². The van der Waals surface area contributed by atoms with Crippen molar-refractivity contribution in [3.8, 4) is 5.75 Å². The van der Waals surface area contributed by atoms with E-state index in [1.54, 1.807) is 31.4 Å². The van der Waals surface area contributed by atoms with E-state index < -0.39 is 17.5 Å². The van der Waals surface area contributed by atoms with E-state index in [2.05, 4.69) is 10.6 Å². The molecular formula is C24H29N3O4. The average Bonchev–Trinajstić information content (AvgIpc) is 3.03. The number of carbonyl (C=O) groups is 3. The van der Waals surface area contributed by atoms with Crippen molar-refractivity contribution < 1.29 is 19.1 Å². The van der Waals surface area contributed by atoms with Crippen molar-refractivity contribution in [2.24, 2.45) is 0 Å². The Morgan fingerprint density at radius 2 is 1.74 bits per heavy atom. The Morgan fingerprint density at radius 3 is 2.29 bits per heavy atom. The topological polar surface area (TPSA) is 87.7 Å². The van der Waals surface area contributed by atoms with Gasteiger partial charge < -0.3 is 15.4 Å². The molecule has 2 aromatic rings. The molecule has 1 aliphatic rings. The summed E-state index contributed by atoms with van der Waals surface area (Å²) in [4.78, 5) is 39.6. The zero-order valence-corrected chi connectivity index (χ0v) is 18.4. The smallest absolute Gasteiger partial charge is 0.325 e. The Balaban J connectivity index is 1.75. The van der Waals surface area contributed by atoms with Gasteiger partial charge in [-0.05, 0) is 43.0 Å². The van der Waals surface area contributed by atoms with Crippen LogP contribution in [-0.2, 0) is 15.1 Å². The van der Waals surface area contributed by atoms with Gasteiger partial charge >= 0.3 is 6.03 Å². The van der Waals surface area contributed by atoms with E-state index in [0.717, 1.165) is 16.0 Å². The number of hydrogen-bond acceptors (Lipinski definition) is 4. The van der Waals surface area contributed by atoms with Crippen LogP contribution in [0.2, 0.25) is 0 Å². The van der Waals surface area contributed by atoms with Crippen LogP contribution in [0.1, 0.15) is 49.4 Å². The second-order valence-corrected chi connectivity index (χ2v) is 7.75. The van der Waals surface area contributed by atoms with Gasteiger partial charge in [0.2, 0.25) is 5.91 Å². The quantitative estimate of drug-likeness (QED) is 0.637. The Labute approximate surface area is 182 Å². The van der Waals surface area contributed by atoms with Gasteiger partial charge in [0.1, 0.15) is 17.8 Å². The molecule has 0 spiro atoms. The molecule has 31 heavy (non-hydrogen) atoms. The van der Waals surface area contributed by atoms with E-state index >= 15 is 0 Å². The first-order valence-corrected chi connectivity index (χ1v) is 10.5. The van der Waals surface area contributed by atoms with Crippen molar-refractivity contribution in [3.63, 3.8) is 0 Å². The molecule has 0 saturated carbocycles. The predicted molar refractivity (Wildman–Crippen MR) is 118 cm³/mol. The van der Waals surface area contributed by atoms with Gasteiger partial charge in [-0.3, -0.25) is 14.5 Å². The van der Waals surface area contributed by atoms with Crippen LogP contribution in [0, 0.1) is 6.92 Å². The fraction of sp³-hybridized carbons (Fsp3) is 0.375. The van der Waals surface area contributed by atoms with Crippen LogP contribution in [0.3, 0.4) is 0 Å². The molecule has 0 aliphatic carbocycles. The summed E-state index contributed by atoms with van der Waals surface area (Å²) in [6.45, 7) is 5.48. The number of methoxy groups -OCH3 is 1. The Kier molecular flexibility index (Phi) is 6.63. The molecule has 164 valence electrons. The summed E-state index contributed by atoms with van der Waals surface area (Å²) in [6, 6.07) is 14.2. The van der Waals surface area contributed by atoms with Crippen LogP contribution < -0.4 is 15.4 Å². The maximum Gasteiger partial charge on any atom is 0.325 e. The summed E-state index contributed by atoms with van der Waals surface area (Å²) in [6.07, 6.45) is 1.06. The van der Waals surface area contributed by atoms with E-state index in [0.29, 0.717) is 24.2 Å². The van der Waals surface area contributed by atoms with Gasteiger partial charge in [-0.1, -0.05) is 55.8 Å². The molecule has 7 nitrogen and oxygen atoms in total. The van der Waals surface area contributed by atoms with Crippen molar-refractivity contribution in [1.82, 2.24) is 15.5 Å². The maximum atomic E-state index is 13.3. The first kappa shape index (κ1) is 22.3. The molecule has 1 saturated heterocycles. The third kappa shape index (κ3) is 4.40. The lowest BCUT2D eigenvalue weighted by Gasteiger charge is -2.26. The van der Waals surface area contributed by atoms with E-state index in [4.69, 9.17) is 4.74 Å². The minimum atomic E-state index is -1.19. The molecule has 1 fully saturated rings. The number of nitrogens with one attached hydrogen (secondary N) is 2. The van der Waals surface area contributed by atoms with Crippen molar-refractivity contribution >= 4 is 17.8 Å². The van der Waals surface area contributed by atoms with E-state index in [-0.39, 0.29) is 18.5 Å². The van der Waals surface area contributed by atoms with Crippen LogP contribution in [0.25, 0.3) is 0 Å². The lowest BCUT2D eigenvalue weighted by molar-refractivity contribution is -0.135. The molecule has 2 atom stereocenters. The molecule has 2 aromatic carbocycles. The van der Waals surface area contributed by atoms with Crippen molar-refractivity contribution in [2.45, 2.75) is 45.2 Å². The first-order chi connectivity index (χ1) is 14.8. The average molecular weight is 424 g/mol. The largest absolute Gasteiger partial charge is 0.497 e. The molecule has 0 unspecified atom stereocenters. The second kappa shape index (κ2) is 9.20. The molecule has 4 amide bonds. The number of hydrogen-bond donors (Lipinski definition) is 2. The minimum Gasteiger partial charge on any atom is -0.497 e. The summed E-state index contributed by atoms with van der Waals surface area (Å²) < 4.78 is 5.17. The summed E-state index contributed by atoms with van der Waals surface area (Å²) in [5.74, 6) is -0.147. The van der Waals surface area contributed by atoms with Gasteiger partial charge in [0, 0.05) is 0 Å². The molecule has 7 heteroatoms. The molecule has 1 heterocycles. The van der Waals surface area contributed by atoms with Crippen molar-refractivity contribution in [2.75, 3.05) is 13.7 Å². The monoisotopic (exact) mass is 423 g/mol. The summed E-state index contributed by atoms with van der Waals surface area (Å²) in [7, 11) is 1.56. The summed E-state index contributed by atoms with van der Waals surface area (Å²) >= 11 is 0. The number of rotatable bonds is 8. The van der Waals surface area contributed by atoms with E-state index in [1.807, 2.05) is 45.0 Å². The van der Waals surface area contributed by atoms with Crippen LogP contribution in [0.4, 0.5) is 4.79 Å². The number of carbonyl (C=O) groups excluding carboxylic acids is 3. The minimum absolute atomic E-state index is 0.189. The van der Waals surface area contributed by atoms with Gasteiger partial charge in [-0.25, -0.2) is 4.79 Å². The third-order valence-electron chi connectivity index (χ3n) is 5.81. The van der Waals surface area contributed by atoms with Gasteiger partial charge in [-0.2, -0.15) is 0 Å². The van der Waals surface area contributed by atoms with Crippen LogP contribution >= 0.6 is 0 Å². The fourth-order valence-electron chi connectivity index (χ4n) is 3.89. The summed E-state index contributed by atoms with van der Waals surface area (Å²) in [5.41, 5.74) is 1.59. The fourth-order valence-corrected chi connectivity index (χ4v) is 3.89. The number of benzene rings is 2. The number of aryl methyl sites for hydroxylation is 1. The van der Waals surface area contributed by atoms with Gasteiger partial charge in [0.05, 0.1) is 13.2 Å². The Bertz CT molecular complexity index is 956. The lowest BCUT2D eigenvalue weighted by Crippen LogP contribution is -2.45. The van der Waals surface area contributed by atoms with Gasteiger partial charge in [0.15, 0.2) is 0 Å². The highest BCUT2D eigenvalue weighted by atomic mass is 16.5. The Morgan fingerprint density at radius 1 is 1.10 bits per heavy atom. The van der Waals surface area contributed by atoms with Crippen molar-refractivity contribution in [1.29, 1.82) is 0 Å². The van der Waals surface area contributed by atoms with E-state index in [1.165, 1.54) is 0 Å². The van der Waals surface area contributed by atoms with Gasteiger partial charge in [0.25, 0.3) is 5.91 Å². The van der Waals surface area contributed by atoms with E-state index in [9.17, 15) is 14.4 Å². The molecule has 1 aliphatic heterocycles. The number of nitrogens with zero attached hydrogens (tertiary/aromatic N) is 1. The highest BCUT2D eigenvalue weighted by Crippen LogP contribution is 2.33. The molecule has 0 bridgehead atoms. The Hall–Kier alpha value is -3.35. The molecule has 2 N–H and O–H groups in total. The highest BCUT2D eigenvalue weighted by molar-refractivity contribution is 6.09.